The van der Waals surface area contributed by atoms with E-state index < -0.39 is 12.2 Å². The summed E-state index contributed by atoms with van der Waals surface area (Å²) in [5.74, 6) is 0.136. The zero-order valence-electron chi connectivity index (χ0n) is 14.8. The first-order valence-electron chi connectivity index (χ1n) is 8.60. The number of nitrogens with zero attached hydrogens (tertiary/aromatic N) is 1. The first kappa shape index (κ1) is 19.4. The van der Waals surface area contributed by atoms with Crippen LogP contribution < -0.4 is 15.2 Å². The summed E-state index contributed by atoms with van der Waals surface area (Å²) < 4.78 is 34.7. The molecule has 7 heteroatoms. The number of amides is 1. The molecule has 1 aromatic carbocycles. The molecule has 1 amide bonds. The summed E-state index contributed by atoms with van der Waals surface area (Å²) in [5.41, 5.74) is 6.26. The number of halogens is 2. The number of nitrogens with two attached hydrogens (primary N) is 1. The van der Waals surface area contributed by atoms with Crippen molar-refractivity contribution in [1.82, 2.24) is 4.90 Å². The van der Waals surface area contributed by atoms with Crippen LogP contribution in [0.25, 0.3) is 0 Å². The fraction of sp³-hybridized carbons (Fsp3) is 0.611. The van der Waals surface area contributed by atoms with Crippen LogP contribution in [0, 0.1) is 0 Å². The van der Waals surface area contributed by atoms with Gasteiger partial charge in [0.1, 0.15) is 0 Å². The number of hydrogen-bond donors (Lipinski definition) is 1. The monoisotopic (exact) mass is 356 g/mol. The van der Waals surface area contributed by atoms with Crippen LogP contribution in [-0.2, 0) is 11.3 Å². The van der Waals surface area contributed by atoms with Crippen molar-refractivity contribution in [2.24, 2.45) is 5.73 Å². The predicted molar refractivity (Wildman–Crippen MR) is 90.7 cm³/mol. The molecular formula is C18H26F2N2O3. The standard InChI is InChI=1S/C18H26F2N2O3/c1-3-24-15-11-13(7-8-14(15)25-17(19)20)12-22(2)16(23)18(21)9-5-4-6-10-18/h7-8,11,17H,3-6,9-10,12,21H2,1-2H3. The molecule has 5 nitrogen and oxygen atoms in total. The minimum atomic E-state index is -2.92. The maximum absolute atomic E-state index is 12.7. The Morgan fingerprint density at radius 1 is 1.28 bits per heavy atom. The molecule has 0 aliphatic heterocycles. The van der Waals surface area contributed by atoms with Gasteiger partial charge in [-0.25, -0.2) is 0 Å². The van der Waals surface area contributed by atoms with E-state index in [2.05, 4.69) is 4.74 Å². The molecule has 25 heavy (non-hydrogen) atoms. The summed E-state index contributed by atoms with van der Waals surface area (Å²) in [6, 6.07) is 4.70. The van der Waals surface area contributed by atoms with Crippen molar-refractivity contribution in [1.29, 1.82) is 0 Å². The Morgan fingerprint density at radius 2 is 1.96 bits per heavy atom. The Balaban J connectivity index is 2.10. The number of alkyl halides is 2. The highest BCUT2D eigenvalue weighted by Crippen LogP contribution is 2.31. The zero-order valence-corrected chi connectivity index (χ0v) is 14.8. The van der Waals surface area contributed by atoms with Crippen LogP contribution in [0.2, 0.25) is 0 Å². The summed E-state index contributed by atoms with van der Waals surface area (Å²) in [6.45, 7) is -0.510. The van der Waals surface area contributed by atoms with E-state index in [0.717, 1.165) is 24.8 Å². The molecule has 0 radical (unpaired) electrons. The SMILES string of the molecule is CCOc1cc(CN(C)C(=O)C2(N)CCCCC2)ccc1OC(F)F. The van der Waals surface area contributed by atoms with Gasteiger partial charge in [-0.05, 0) is 37.5 Å². The second-order valence-electron chi connectivity index (χ2n) is 6.47. The first-order chi connectivity index (χ1) is 11.9. The van der Waals surface area contributed by atoms with Crippen LogP contribution in [0.1, 0.15) is 44.6 Å². The van der Waals surface area contributed by atoms with Gasteiger partial charge in [-0.2, -0.15) is 8.78 Å². The second-order valence-corrected chi connectivity index (χ2v) is 6.47. The molecule has 0 atom stereocenters. The van der Waals surface area contributed by atoms with Gasteiger partial charge in [0.05, 0.1) is 12.1 Å². The number of carbonyl (C=O) groups excluding carboxylic acids is 1. The molecule has 140 valence electrons. The molecule has 1 aliphatic rings. The van der Waals surface area contributed by atoms with Crippen LogP contribution >= 0.6 is 0 Å². The topological polar surface area (TPSA) is 64.8 Å². The Bertz CT molecular complexity index is 590. The molecule has 1 fully saturated rings. The Morgan fingerprint density at radius 3 is 2.56 bits per heavy atom. The maximum atomic E-state index is 12.7. The third-order valence-corrected chi connectivity index (χ3v) is 4.46. The van der Waals surface area contributed by atoms with Crippen molar-refractivity contribution in [2.75, 3.05) is 13.7 Å². The third-order valence-electron chi connectivity index (χ3n) is 4.46. The van der Waals surface area contributed by atoms with Crippen molar-refractivity contribution in [3.8, 4) is 11.5 Å². The van der Waals surface area contributed by atoms with Gasteiger partial charge >= 0.3 is 6.61 Å². The smallest absolute Gasteiger partial charge is 0.387 e. The largest absolute Gasteiger partial charge is 0.490 e. The van der Waals surface area contributed by atoms with Crippen LogP contribution in [-0.4, -0.2) is 36.6 Å². The minimum absolute atomic E-state index is 0.0165. The number of benzene rings is 1. The van der Waals surface area contributed by atoms with E-state index in [4.69, 9.17) is 10.5 Å². The summed E-state index contributed by atoms with van der Waals surface area (Å²) in [6.07, 6.45) is 4.43. The Hall–Kier alpha value is -1.89. The van der Waals surface area contributed by atoms with E-state index >= 15 is 0 Å². The van der Waals surface area contributed by atoms with Gasteiger partial charge in [0.2, 0.25) is 5.91 Å². The van der Waals surface area contributed by atoms with E-state index in [1.165, 1.54) is 6.07 Å². The van der Waals surface area contributed by atoms with Crippen LogP contribution in [0.15, 0.2) is 18.2 Å². The predicted octanol–water partition coefficient (Wildman–Crippen LogP) is 3.31. The van der Waals surface area contributed by atoms with Gasteiger partial charge in [0, 0.05) is 13.6 Å². The summed E-state index contributed by atoms with van der Waals surface area (Å²) in [4.78, 5) is 14.3. The molecular weight excluding hydrogens is 330 g/mol. The van der Waals surface area contributed by atoms with Gasteiger partial charge < -0.3 is 20.1 Å². The lowest BCUT2D eigenvalue weighted by Crippen LogP contribution is -2.55. The molecule has 1 aromatic rings. The molecule has 0 saturated heterocycles. The van der Waals surface area contributed by atoms with E-state index in [1.807, 2.05) is 0 Å². The lowest BCUT2D eigenvalue weighted by molar-refractivity contribution is -0.137. The van der Waals surface area contributed by atoms with Crippen molar-refractivity contribution < 1.29 is 23.0 Å². The normalized spacial score (nSPS) is 16.6. The fourth-order valence-corrected chi connectivity index (χ4v) is 3.23. The van der Waals surface area contributed by atoms with Gasteiger partial charge in [-0.1, -0.05) is 25.3 Å². The molecule has 2 N–H and O–H groups in total. The van der Waals surface area contributed by atoms with Crippen molar-refractivity contribution in [2.45, 2.75) is 57.7 Å². The highest BCUT2D eigenvalue weighted by Gasteiger charge is 2.37. The maximum Gasteiger partial charge on any atom is 0.387 e. The Labute approximate surface area is 147 Å². The summed E-state index contributed by atoms with van der Waals surface area (Å²) in [7, 11) is 1.70. The number of ether oxygens (including phenoxy) is 2. The van der Waals surface area contributed by atoms with Crippen molar-refractivity contribution in [3.05, 3.63) is 23.8 Å². The lowest BCUT2D eigenvalue weighted by Gasteiger charge is -2.35. The van der Waals surface area contributed by atoms with Gasteiger partial charge in [-0.15, -0.1) is 0 Å². The molecule has 2 rings (SSSR count). The second kappa shape index (κ2) is 8.47. The molecule has 0 bridgehead atoms. The van der Waals surface area contributed by atoms with Gasteiger partial charge in [0.25, 0.3) is 0 Å². The molecule has 1 aliphatic carbocycles. The molecule has 0 spiro atoms. The zero-order chi connectivity index (χ0) is 18.4. The van der Waals surface area contributed by atoms with Gasteiger partial charge in [0.15, 0.2) is 11.5 Å². The van der Waals surface area contributed by atoms with E-state index in [-0.39, 0.29) is 17.4 Å². The van der Waals surface area contributed by atoms with Gasteiger partial charge in [-0.3, -0.25) is 4.79 Å². The Kier molecular flexibility index (Phi) is 6.58. The van der Waals surface area contributed by atoms with E-state index in [0.29, 0.717) is 26.0 Å². The average Bonchev–Trinajstić information content (AvgIpc) is 2.57. The number of carbonyl (C=O) groups is 1. The first-order valence-corrected chi connectivity index (χ1v) is 8.60. The average molecular weight is 356 g/mol. The fourth-order valence-electron chi connectivity index (χ4n) is 3.23. The van der Waals surface area contributed by atoms with E-state index in [9.17, 15) is 13.6 Å². The third kappa shape index (κ3) is 5.04. The highest BCUT2D eigenvalue weighted by molar-refractivity contribution is 5.86. The minimum Gasteiger partial charge on any atom is -0.490 e. The van der Waals surface area contributed by atoms with Crippen molar-refractivity contribution in [3.63, 3.8) is 0 Å². The molecule has 0 heterocycles. The van der Waals surface area contributed by atoms with E-state index in [1.54, 1.807) is 31.0 Å². The number of likely N-dealkylation sites (N-methyl/N-ethyl adjacent to an activating group) is 1. The number of hydrogen-bond acceptors (Lipinski definition) is 4. The van der Waals surface area contributed by atoms with Crippen LogP contribution in [0.3, 0.4) is 0 Å². The lowest BCUT2D eigenvalue weighted by atomic mass is 9.81. The van der Waals surface area contributed by atoms with Crippen LogP contribution in [0.5, 0.6) is 11.5 Å². The molecule has 0 aromatic heterocycles. The summed E-state index contributed by atoms with van der Waals surface area (Å²) >= 11 is 0. The molecule has 1 saturated carbocycles. The number of rotatable bonds is 7. The summed E-state index contributed by atoms with van der Waals surface area (Å²) in [5, 5.41) is 0. The van der Waals surface area contributed by atoms with Crippen LogP contribution in [0.4, 0.5) is 8.78 Å². The van der Waals surface area contributed by atoms with Crippen molar-refractivity contribution >= 4 is 5.91 Å². The quantitative estimate of drug-likeness (QED) is 0.814. The highest BCUT2D eigenvalue weighted by atomic mass is 19.3. The molecule has 0 unspecified atom stereocenters.